The number of imidazole rings is 1. The lowest BCUT2D eigenvalue weighted by Gasteiger charge is -2.07. The van der Waals surface area contributed by atoms with Gasteiger partial charge in [-0.05, 0) is 28.1 Å². The van der Waals surface area contributed by atoms with Crippen molar-refractivity contribution in [3.8, 4) is 17.8 Å². The molecule has 0 saturated carbocycles. The highest BCUT2D eigenvalue weighted by Crippen LogP contribution is 2.26. The molecule has 2 rings (SSSR count). The van der Waals surface area contributed by atoms with E-state index in [1.54, 1.807) is 0 Å². The minimum absolute atomic E-state index is 0.0788. The molecule has 4 nitrogen and oxygen atoms in total. The second kappa shape index (κ2) is 4.36. The molecule has 1 aromatic carbocycles. The first-order valence-corrected chi connectivity index (χ1v) is 5.30. The molecule has 0 aliphatic heterocycles. The van der Waals surface area contributed by atoms with Gasteiger partial charge in [0.2, 0.25) is 5.82 Å². The van der Waals surface area contributed by atoms with Gasteiger partial charge < -0.3 is 0 Å². The van der Waals surface area contributed by atoms with Crippen molar-refractivity contribution in [1.82, 2.24) is 9.55 Å². The van der Waals surface area contributed by atoms with Crippen LogP contribution in [0.25, 0.3) is 5.69 Å². The third-order valence-corrected chi connectivity index (χ3v) is 2.96. The average Bonchev–Trinajstić information content (AvgIpc) is 2.80. The summed E-state index contributed by atoms with van der Waals surface area (Å²) in [6, 6.07) is 6.62. The van der Waals surface area contributed by atoms with Crippen LogP contribution in [0.15, 0.2) is 29.0 Å². The summed E-state index contributed by atoms with van der Waals surface area (Å²) in [6.07, 6.45) is 2.89. The maximum atomic E-state index is 14.0. The zero-order valence-corrected chi connectivity index (χ0v) is 9.94. The number of halogens is 2. The van der Waals surface area contributed by atoms with E-state index < -0.39 is 5.82 Å². The minimum Gasteiger partial charge on any atom is -0.288 e. The molecule has 0 aliphatic carbocycles. The van der Waals surface area contributed by atoms with Crippen molar-refractivity contribution in [3.63, 3.8) is 0 Å². The Hall–Kier alpha value is -2.18. The number of nitriles is 2. The molecule has 0 atom stereocenters. The van der Waals surface area contributed by atoms with E-state index in [0.29, 0.717) is 0 Å². The van der Waals surface area contributed by atoms with E-state index in [-0.39, 0.29) is 21.5 Å². The minimum atomic E-state index is -0.599. The molecule has 2 aromatic rings. The molecule has 17 heavy (non-hydrogen) atoms. The highest BCUT2D eigenvalue weighted by atomic mass is 79.9. The number of benzene rings is 1. The Morgan fingerprint density at radius 3 is 2.71 bits per heavy atom. The van der Waals surface area contributed by atoms with Gasteiger partial charge in [0.15, 0.2) is 5.82 Å². The lowest BCUT2D eigenvalue weighted by atomic mass is 10.2. The number of rotatable bonds is 1. The molecule has 0 unspecified atom stereocenters. The van der Waals surface area contributed by atoms with E-state index in [2.05, 4.69) is 20.9 Å². The van der Waals surface area contributed by atoms with Crippen LogP contribution in [0.2, 0.25) is 0 Å². The van der Waals surface area contributed by atoms with E-state index in [9.17, 15) is 4.39 Å². The van der Waals surface area contributed by atoms with Crippen molar-refractivity contribution in [3.05, 3.63) is 46.2 Å². The molecule has 6 heteroatoms. The molecule has 0 bridgehead atoms. The first-order chi connectivity index (χ1) is 8.19. The van der Waals surface area contributed by atoms with E-state index in [0.717, 1.165) is 0 Å². The standard InChI is InChI=1S/C11H4BrFN4/c12-10-7(5-14)1-2-8(11(10)13)17-4-3-16-9(17)6-15/h1-4H. The van der Waals surface area contributed by atoms with Crippen LogP contribution in [0.1, 0.15) is 11.4 Å². The Morgan fingerprint density at radius 1 is 1.29 bits per heavy atom. The smallest absolute Gasteiger partial charge is 0.217 e. The van der Waals surface area contributed by atoms with Crippen LogP contribution in [-0.2, 0) is 0 Å². The lowest BCUT2D eigenvalue weighted by Crippen LogP contribution is -2.01. The predicted molar refractivity (Wildman–Crippen MR) is 60.7 cm³/mol. The number of nitrogens with zero attached hydrogens (tertiary/aromatic N) is 4. The van der Waals surface area contributed by atoms with E-state index in [1.807, 2.05) is 12.1 Å². The van der Waals surface area contributed by atoms with Crippen LogP contribution in [0, 0.1) is 28.5 Å². The quantitative estimate of drug-likeness (QED) is 0.810. The van der Waals surface area contributed by atoms with Crippen molar-refractivity contribution in [2.24, 2.45) is 0 Å². The second-order valence-corrected chi connectivity index (χ2v) is 3.90. The SMILES string of the molecule is N#Cc1ccc(-n2ccnc2C#N)c(F)c1Br. The van der Waals surface area contributed by atoms with Crippen molar-refractivity contribution in [1.29, 1.82) is 10.5 Å². The van der Waals surface area contributed by atoms with Crippen molar-refractivity contribution in [2.45, 2.75) is 0 Å². The molecule has 0 amide bonds. The average molecular weight is 291 g/mol. The van der Waals surface area contributed by atoms with Gasteiger partial charge in [0.1, 0.15) is 12.1 Å². The second-order valence-electron chi connectivity index (χ2n) is 3.10. The molecular formula is C11H4BrFN4. The fraction of sp³-hybridized carbons (Fsp3) is 0. The van der Waals surface area contributed by atoms with E-state index in [4.69, 9.17) is 10.5 Å². The van der Waals surface area contributed by atoms with Crippen molar-refractivity contribution in [2.75, 3.05) is 0 Å². The predicted octanol–water partition coefficient (Wildman–Crippen LogP) is 2.52. The van der Waals surface area contributed by atoms with Crippen molar-refractivity contribution >= 4 is 15.9 Å². The van der Waals surface area contributed by atoms with Crippen LogP contribution < -0.4 is 0 Å². The van der Waals surface area contributed by atoms with E-state index >= 15 is 0 Å². The topological polar surface area (TPSA) is 65.4 Å². The van der Waals surface area contributed by atoms with Crippen LogP contribution >= 0.6 is 15.9 Å². The Morgan fingerprint density at radius 2 is 2.06 bits per heavy atom. The Labute approximate surface area is 105 Å². The molecular weight excluding hydrogens is 287 g/mol. The first kappa shape index (κ1) is 11.3. The molecule has 82 valence electrons. The Balaban J connectivity index is 2.68. The Bertz CT molecular complexity index is 663. The van der Waals surface area contributed by atoms with Gasteiger partial charge in [0.25, 0.3) is 0 Å². The van der Waals surface area contributed by atoms with Gasteiger partial charge in [-0.25, -0.2) is 9.37 Å². The Kier molecular flexibility index (Phi) is 2.90. The summed E-state index contributed by atoms with van der Waals surface area (Å²) >= 11 is 3.01. The largest absolute Gasteiger partial charge is 0.288 e. The van der Waals surface area contributed by atoms with Gasteiger partial charge in [-0.15, -0.1) is 0 Å². The zero-order chi connectivity index (χ0) is 12.4. The number of aromatic nitrogens is 2. The zero-order valence-electron chi connectivity index (χ0n) is 8.35. The third-order valence-electron chi connectivity index (χ3n) is 2.18. The van der Waals surface area contributed by atoms with Gasteiger partial charge in [0, 0.05) is 12.4 Å². The summed E-state index contributed by atoms with van der Waals surface area (Å²) in [5.41, 5.74) is 0.370. The molecule has 1 aromatic heterocycles. The monoisotopic (exact) mass is 290 g/mol. The van der Waals surface area contributed by atoms with Gasteiger partial charge >= 0.3 is 0 Å². The summed E-state index contributed by atoms with van der Waals surface area (Å²) in [6.45, 7) is 0. The highest BCUT2D eigenvalue weighted by molar-refractivity contribution is 9.10. The van der Waals surface area contributed by atoms with E-state index in [1.165, 1.54) is 29.1 Å². The lowest BCUT2D eigenvalue weighted by molar-refractivity contribution is 0.610. The van der Waals surface area contributed by atoms with Crippen LogP contribution in [0.3, 0.4) is 0 Å². The summed E-state index contributed by atoms with van der Waals surface area (Å²) in [7, 11) is 0. The van der Waals surface area contributed by atoms with Gasteiger partial charge in [-0.1, -0.05) is 0 Å². The molecule has 0 N–H and O–H groups in total. The number of hydrogen-bond donors (Lipinski definition) is 0. The highest BCUT2D eigenvalue weighted by Gasteiger charge is 2.14. The first-order valence-electron chi connectivity index (χ1n) is 4.51. The fourth-order valence-electron chi connectivity index (χ4n) is 1.39. The molecule has 0 radical (unpaired) electrons. The van der Waals surface area contributed by atoms with Crippen molar-refractivity contribution < 1.29 is 4.39 Å². The molecule has 0 fully saturated rings. The summed E-state index contributed by atoms with van der Waals surface area (Å²) in [5.74, 6) is -0.515. The van der Waals surface area contributed by atoms with Gasteiger partial charge in [-0.2, -0.15) is 10.5 Å². The normalized spacial score (nSPS) is 9.65. The fourth-order valence-corrected chi connectivity index (χ4v) is 1.82. The van der Waals surface area contributed by atoms with Crippen LogP contribution in [0.5, 0.6) is 0 Å². The summed E-state index contributed by atoms with van der Waals surface area (Å²) < 4.78 is 15.4. The molecule has 0 saturated heterocycles. The van der Waals surface area contributed by atoms with Gasteiger partial charge in [-0.3, -0.25) is 4.57 Å². The molecule has 1 heterocycles. The molecule has 0 aliphatic rings. The molecule has 0 spiro atoms. The van der Waals surface area contributed by atoms with Gasteiger partial charge in [0.05, 0.1) is 15.7 Å². The summed E-state index contributed by atoms with van der Waals surface area (Å²) in [4.78, 5) is 3.78. The number of hydrogen-bond acceptors (Lipinski definition) is 3. The van der Waals surface area contributed by atoms with Crippen LogP contribution in [-0.4, -0.2) is 9.55 Å². The third kappa shape index (κ3) is 1.79. The van der Waals surface area contributed by atoms with Crippen LogP contribution in [0.4, 0.5) is 4.39 Å². The maximum Gasteiger partial charge on any atom is 0.217 e. The maximum absolute atomic E-state index is 14.0. The summed E-state index contributed by atoms with van der Waals surface area (Å²) in [5, 5.41) is 17.6.